The van der Waals surface area contributed by atoms with Crippen molar-refractivity contribution in [1.29, 1.82) is 0 Å². The molecule has 2 N–H and O–H groups in total. The summed E-state index contributed by atoms with van der Waals surface area (Å²) in [5.74, 6) is -0.260. The van der Waals surface area contributed by atoms with Gasteiger partial charge in [-0.25, -0.2) is 8.78 Å². The lowest BCUT2D eigenvalue weighted by Crippen LogP contribution is -2.28. The Morgan fingerprint density at radius 3 is 2.67 bits per heavy atom. The third-order valence-corrected chi connectivity index (χ3v) is 3.03. The molecule has 1 aromatic rings. The van der Waals surface area contributed by atoms with Crippen molar-refractivity contribution in [3.8, 4) is 11.5 Å². The minimum absolute atomic E-state index is 0.0168. The molecule has 1 fully saturated rings. The van der Waals surface area contributed by atoms with Crippen LogP contribution in [0.5, 0.6) is 11.5 Å². The van der Waals surface area contributed by atoms with Crippen molar-refractivity contribution in [2.75, 3.05) is 13.7 Å². The molecule has 21 heavy (non-hydrogen) atoms. The highest BCUT2D eigenvalue weighted by molar-refractivity contribution is 6.45. The Labute approximate surface area is 121 Å². The van der Waals surface area contributed by atoms with Crippen LogP contribution in [0.1, 0.15) is 23.2 Å². The molecule has 1 aliphatic carbocycles. The molecule has 1 amide bonds. The molecule has 0 aromatic heterocycles. The topological polar surface area (TPSA) is 67.8 Å². The van der Waals surface area contributed by atoms with Gasteiger partial charge in [-0.3, -0.25) is 4.79 Å². The highest BCUT2D eigenvalue weighted by Gasteiger charge is 2.28. The third kappa shape index (κ3) is 4.07. The van der Waals surface area contributed by atoms with Gasteiger partial charge >= 0.3 is 7.48 Å². The summed E-state index contributed by atoms with van der Waals surface area (Å²) in [6.07, 6.45) is -0.862. The molecule has 0 atom stereocenters. The number of alkyl halides is 2. The number of benzene rings is 1. The van der Waals surface area contributed by atoms with E-state index in [0.717, 1.165) is 12.8 Å². The van der Waals surface area contributed by atoms with Gasteiger partial charge < -0.3 is 19.8 Å². The van der Waals surface area contributed by atoms with Crippen LogP contribution in [0, 0.1) is 0 Å². The molecule has 114 valence electrons. The SMILES string of the molecule is COc1cc(BO)cc(OCC(F)F)c1C(=O)NC1CC1. The summed E-state index contributed by atoms with van der Waals surface area (Å²) in [7, 11) is 1.05. The molecule has 0 saturated heterocycles. The number of carbonyl (C=O) groups is 1. The Bertz CT molecular complexity index is 523. The van der Waals surface area contributed by atoms with Gasteiger partial charge in [0, 0.05) is 6.04 Å². The fourth-order valence-electron chi connectivity index (χ4n) is 1.87. The molecule has 5 nitrogen and oxygen atoms in total. The van der Waals surface area contributed by atoms with Gasteiger partial charge in [0.15, 0.2) is 0 Å². The second-order valence-corrected chi connectivity index (χ2v) is 4.78. The summed E-state index contributed by atoms with van der Waals surface area (Å²) >= 11 is 0. The Hall–Kier alpha value is -1.83. The lowest BCUT2D eigenvalue weighted by atomic mass is 9.87. The van der Waals surface area contributed by atoms with Crippen LogP contribution in [-0.4, -0.2) is 44.6 Å². The number of ether oxygens (including phenoxy) is 2. The van der Waals surface area contributed by atoms with Crippen LogP contribution in [0.25, 0.3) is 0 Å². The lowest BCUT2D eigenvalue weighted by molar-refractivity contribution is 0.0792. The van der Waals surface area contributed by atoms with Crippen LogP contribution >= 0.6 is 0 Å². The molecule has 0 unspecified atom stereocenters. The van der Waals surface area contributed by atoms with Crippen molar-refractivity contribution in [2.24, 2.45) is 0 Å². The number of carbonyl (C=O) groups excluding carboxylic acids is 1. The van der Waals surface area contributed by atoms with E-state index in [1.54, 1.807) is 0 Å². The molecule has 1 aromatic carbocycles. The van der Waals surface area contributed by atoms with Gasteiger partial charge in [-0.2, -0.15) is 0 Å². The number of rotatable bonds is 7. The number of hydrogen-bond acceptors (Lipinski definition) is 4. The summed E-state index contributed by atoms with van der Waals surface area (Å²) in [4.78, 5) is 12.2. The first kappa shape index (κ1) is 15.6. The van der Waals surface area contributed by atoms with Crippen LogP contribution in [0.3, 0.4) is 0 Å². The quantitative estimate of drug-likeness (QED) is 0.706. The van der Waals surface area contributed by atoms with Crippen molar-refractivity contribution in [2.45, 2.75) is 25.3 Å². The molecule has 8 heteroatoms. The Morgan fingerprint density at radius 2 is 2.14 bits per heavy atom. The van der Waals surface area contributed by atoms with E-state index < -0.39 is 18.9 Å². The Balaban J connectivity index is 2.33. The fourth-order valence-corrected chi connectivity index (χ4v) is 1.87. The van der Waals surface area contributed by atoms with Gasteiger partial charge in [-0.05, 0) is 30.4 Å². The molecular weight excluding hydrogens is 283 g/mol. The standard InChI is InChI=1S/C13H16BF2NO4/c1-20-9-4-7(14-19)5-10(21-6-11(15)16)12(9)13(18)17-8-2-3-8/h4-5,8,11,14,19H,2-3,6H2,1H3,(H,17,18). The number of halogens is 2. The minimum Gasteiger partial charge on any atom is -0.496 e. The van der Waals surface area contributed by atoms with Crippen LogP contribution in [0.2, 0.25) is 0 Å². The van der Waals surface area contributed by atoms with Crippen molar-refractivity contribution >= 4 is 18.9 Å². The molecule has 0 radical (unpaired) electrons. The highest BCUT2D eigenvalue weighted by atomic mass is 19.3. The molecule has 1 aliphatic rings. The second kappa shape index (κ2) is 6.75. The summed E-state index contributed by atoms with van der Waals surface area (Å²) in [6, 6.07) is 2.96. The van der Waals surface area contributed by atoms with Crippen molar-refractivity contribution in [3.63, 3.8) is 0 Å². The Kier molecular flexibility index (Phi) is 5.00. The monoisotopic (exact) mass is 299 g/mol. The van der Waals surface area contributed by atoms with Crippen molar-refractivity contribution in [3.05, 3.63) is 17.7 Å². The van der Waals surface area contributed by atoms with E-state index in [1.807, 2.05) is 0 Å². The molecule has 0 spiro atoms. The predicted octanol–water partition coefficient (Wildman–Crippen LogP) is 0.200. The number of nitrogens with one attached hydrogen (secondary N) is 1. The Morgan fingerprint density at radius 1 is 1.48 bits per heavy atom. The zero-order chi connectivity index (χ0) is 15.4. The maximum Gasteiger partial charge on any atom is 0.305 e. The number of amides is 1. The third-order valence-electron chi connectivity index (χ3n) is 3.03. The highest BCUT2D eigenvalue weighted by Crippen LogP contribution is 2.29. The van der Waals surface area contributed by atoms with E-state index >= 15 is 0 Å². The van der Waals surface area contributed by atoms with Crippen LogP contribution in [-0.2, 0) is 0 Å². The van der Waals surface area contributed by atoms with Gasteiger partial charge in [0.05, 0.1) is 7.11 Å². The summed E-state index contributed by atoms with van der Waals surface area (Å²) in [6.45, 7) is -0.832. The van der Waals surface area contributed by atoms with E-state index in [9.17, 15) is 18.6 Å². The second-order valence-electron chi connectivity index (χ2n) is 4.78. The van der Waals surface area contributed by atoms with Gasteiger partial charge in [0.2, 0.25) is 0 Å². The van der Waals surface area contributed by atoms with E-state index in [1.165, 1.54) is 19.2 Å². The van der Waals surface area contributed by atoms with Gasteiger partial charge in [-0.1, -0.05) is 0 Å². The lowest BCUT2D eigenvalue weighted by Gasteiger charge is -2.16. The minimum atomic E-state index is -2.66. The van der Waals surface area contributed by atoms with E-state index in [0.29, 0.717) is 5.46 Å². The smallest absolute Gasteiger partial charge is 0.305 e. The van der Waals surface area contributed by atoms with Crippen LogP contribution in [0.15, 0.2) is 12.1 Å². The summed E-state index contributed by atoms with van der Waals surface area (Å²) in [5, 5.41) is 11.9. The van der Waals surface area contributed by atoms with Crippen LogP contribution < -0.4 is 20.3 Å². The van der Waals surface area contributed by atoms with E-state index in [2.05, 4.69) is 5.32 Å². The first-order valence-electron chi connectivity index (χ1n) is 6.58. The summed E-state index contributed by atoms with van der Waals surface area (Å²) < 4.78 is 34.8. The van der Waals surface area contributed by atoms with E-state index in [4.69, 9.17) is 9.47 Å². The summed E-state index contributed by atoms with van der Waals surface area (Å²) in [5.41, 5.74) is 0.487. The first-order chi connectivity index (χ1) is 10.0. The van der Waals surface area contributed by atoms with Crippen molar-refractivity contribution < 1.29 is 28.1 Å². The van der Waals surface area contributed by atoms with Gasteiger partial charge in [0.25, 0.3) is 12.3 Å². The zero-order valence-electron chi connectivity index (χ0n) is 11.6. The molecule has 0 heterocycles. The number of hydrogen-bond donors (Lipinski definition) is 2. The first-order valence-corrected chi connectivity index (χ1v) is 6.58. The number of methoxy groups -OCH3 is 1. The molecule has 2 rings (SSSR count). The van der Waals surface area contributed by atoms with Gasteiger partial charge in [0.1, 0.15) is 23.7 Å². The predicted molar refractivity (Wildman–Crippen MR) is 74.0 cm³/mol. The molecular formula is C13H16BF2NO4. The average molecular weight is 299 g/mol. The maximum absolute atomic E-state index is 12.3. The maximum atomic E-state index is 12.3. The van der Waals surface area contributed by atoms with E-state index in [-0.39, 0.29) is 30.6 Å². The normalized spacial score (nSPS) is 14.0. The average Bonchev–Trinajstić information content (AvgIpc) is 3.27. The van der Waals surface area contributed by atoms with Gasteiger partial charge in [-0.15, -0.1) is 0 Å². The zero-order valence-corrected chi connectivity index (χ0v) is 11.6. The largest absolute Gasteiger partial charge is 0.496 e. The van der Waals surface area contributed by atoms with Crippen molar-refractivity contribution in [1.82, 2.24) is 5.32 Å². The fraction of sp³-hybridized carbons (Fsp3) is 0.462. The molecule has 0 bridgehead atoms. The molecule has 1 saturated carbocycles. The molecule has 0 aliphatic heterocycles. The van der Waals surface area contributed by atoms with Crippen LogP contribution in [0.4, 0.5) is 8.78 Å².